The molecule has 0 radical (unpaired) electrons. The maximum Gasteiger partial charge on any atom is 0.304 e. The maximum atomic E-state index is 12.0. The van der Waals surface area contributed by atoms with E-state index in [0.717, 1.165) is 0 Å². The van der Waals surface area contributed by atoms with Crippen molar-refractivity contribution in [2.75, 3.05) is 0 Å². The molecule has 2 N–H and O–H groups in total. The third kappa shape index (κ3) is 3.18. The highest BCUT2D eigenvalue weighted by Crippen LogP contribution is 2.38. The second-order valence-electron chi connectivity index (χ2n) is 5.56. The number of allylic oxidation sites excluding steroid dienone is 2. The van der Waals surface area contributed by atoms with Gasteiger partial charge in [0.25, 0.3) is 0 Å². The Morgan fingerprint density at radius 1 is 1.33 bits per heavy atom. The highest BCUT2D eigenvalue weighted by molar-refractivity contribution is 6.03. The van der Waals surface area contributed by atoms with Crippen LogP contribution in [0.1, 0.15) is 40.0 Å². The molecule has 0 aromatic heterocycles. The fraction of sp³-hybridized carbons (Fsp3) is 0.615. The maximum absolute atomic E-state index is 12.0. The molecule has 1 rings (SSSR count). The summed E-state index contributed by atoms with van der Waals surface area (Å²) >= 11 is 0. The van der Waals surface area contributed by atoms with E-state index in [0.29, 0.717) is 0 Å². The first kappa shape index (κ1) is 14.4. The minimum absolute atomic E-state index is 0.00998. The van der Waals surface area contributed by atoms with Gasteiger partial charge in [-0.05, 0) is 12.3 Å². The van der Waals surface area contributed by atoms with Crippen LogP contribution in [-0.2, 0) is 14.4 Å². The fourth-order valence-corrected chi connectivity index (χ4v) is 2.32. The van der Waals surface area contributed by atoms with Crippen molar-refractivity contribution in [3.63, 3.8) is 0 Å². The van der Waals surface area contributed by atoms with E-state index in [1.165, 1.54) is 6.92 Å². The number of hydrogen-bond acceptors (Lipinski definition) is 4. The molecular weight excluding hydrogens is 236 g/mol. The lowest BCUT2D eigenvalue weighted by Gasteiger charge is -2.31. The van der Waals surface area contributed by atoms with Gasteiger partial charge in [-0.25, -0.2) is 0 Å². The lowest BCUT2D eigenvalue weighted by Crippen LogP contribution is -2.32. The quantitative estimate of drug-likeness (QED) is 0.799. The Morgan fingerprint density at radius 2 is 1.89 bits per heavy atom. The van der Waals surface area contributed by atoms with Crippen molar-refractivity contribution < 1.29 is 24.6 Å². The normalized spacial score (nSPS) is 20.7. The summed E-state index contributed by atoms with van der Waals surface area (Å²) in [5, 5.41) is 18.7. The summed E-state index contributed by atoms with van der Waals surface area (Å²) < 4.78 is 0. The van der Waals surface area contributed by atoms with Crippen molar-refractivity contribution in [3.8, 4) is 0 Å². The van der Waals surface area contributed by atoms with Gasteiger partial charge in [-0.3, -0.25) is 14.4 Å². The average Bonchev–Trinajstić information content (AvgIpc) is 2.11. The van der Waals surface area contributed by atoms with E-state index >= 15 is 0 Å². The van der Waals surface area contributed by atoms with Gasteiger partial charge in [-0.15, -0.1) is 0 Å². The predicted octanol–water partition coefficient (Wildman–Crippen LogP) is 1.87. The summed E-state index contributed by atoms with van der Waals surface area (Å²) in [5.74, 6) is -3.07. The summed E-state index contributed by atoms with van der Waals surface area (Å²) in [6.45, 7) is 4.93. The van der Waals surface area contributed by atoms with Crippen LogP contribution in [0, 0.1) is 11.3 Å². The number of carbonyl (C=O) groups excluding carboxylic acids is 2. The van der Waals surface area contributed by atoms with E-state index in [1.807, 2.05) is 13.8 Å². The zero-order chi connectivity index (χ0) is 14.1. The van der Waals surface area contributed by atoms with Gasteiger partial charge >= 0.3 is 5.97 Å². The Bertz CT molecular complexity index is 431. The summed E-state index contributed by atoms with van der Waals surface area (Å²) in [5.41, 5.74) is -0.362. The van der Waals surface area contributed by atoms with E-state index in [-0.39, 0.29) is 35.4 Å². The monoisotopic (exact) mass is 254 g/mol. The molecule has 0 spiro atoms. The molecule has 18 heavy (non-hydrogen) atoms. The number of aliphatic hydroxyl groups excluding tert-OH is 1. The van der Waals surface area contributed by atoms with Gasteiger partial charge in [0.2, 0.25) is 0 Å². The number of hydrogen-bond donors (Lipinski definition) is 2. The number of Topliss-reactive ketones (excluding diaryl/α,β-unsaturated/α-hetero) is 2. The second-order valence-corrected chi connectivity index (χ2v) is 5.56. The van der Waals surface area contributed by atoms with Crippen molar-refractivity contribution in [3.05, 3.63) is 11.3 Å². The smallest absolute Gasteiger partial charge is 0.304 e. The Kier molecular flexibility index (Phi) is 3.94. The second kappa shape index (κ2) is 4.92. The highest BCUT2D eigenvalue weighted by Gasteiger charge is 2.38. The molecule has 0 saturated carbocycles. The predicted molar refractivity (Wildman–Crippen MR) is 64.1 cm³/mol. The van der Waals surface area contributed by atoms with E-state index < -0.39 is 24.1 Å². The third-order valence-corrected chi connectivity index (χ3v) is 3.11. The van der Waals surface area contributed by atoms with Crippen LogP contribution in [0.3, 0.4) is 0 Å². The first-order chi connectivity index (χ1) is 8.14. The minimum atomic E-state index is -1.16. The summed E-state index contributed by atoms with van der Waals surface area (Å²) in [6.07, 6.45) is 0.0498. The van der Waals surface area contributed by atoms with Crippen LogP contribution in [0.4, 0.5) is 0 Å². The lowest BCUT2D eigenvalue weighted by molar-refractivity contribution is -0.140. The topological polar surface area (TPSA) is 91.7 Å². The molecule has 5 heteroatoms. The van der Waals surface area contributed by atoms with Gasteiger partial charge < -0.3 is 10.2 Å². The van der Waals surface area contributed by atoms with Crippen LogP contribution in [0.2, 0.25) is 0 Å². The Labute approximate surface area is 105 Å². The van der Waals surface area contributed by atoms with Gasteiger partial charge in [-0.2, -0.15) is 0 Å². The number of ketones is 2. The standard InChI is InChI=1S/C13H18O5/c1-7(14)8(4-11(17)18)12-9(15)5-13(2,3)6-10(12)16/h8,15H,4-6H2,1-3H3,(H,17,18)/t8-/m1/s1. The van der Waals surface area contributed by atoms with Crippen LogP contribution in [0.25, 0.3) is 0 Å². The van der Waals surface area contributed by atoms with E-state index in [9.17, 15) is 19.5 Å². The summed E-state index contributed by atoms with van der Waals surface area (Å²) in [7, 11) is 0. The van der Waals surface area contributed by atoms with E-state index in [2.05, 4.69) is 0 Å². The van der Waals surface area contributed by atoms with Crippen molar-refractivity contribution in [1.29, 1.82) is 0 Å². The average molecular weight is 254 g/mol. The molecule has 0 aromatic carbocycles. The number of carbonyl (C=O) groups is 3. The zero-order valence-electron chi connectivity index (χ0n) is 10.8. The molecule has 0 bridgehead atoms. The molecule has 0 heterocycles. The van der Waals surface area contributed by atoms with Gasteiger partial charge in [0.05, 0.1) is 12.3 Å². The molecule has 0 aromatic rings. The van der Waals surface area contributed by atoms with Crippen molar-refractivity contribution >= 4 is 17.5 Å². The molecule has 0 aliphatic heterocycles. The summed E-state index contributed by atoms with van der Waals surface area (Å²) in [6, 6.07) is 0. The van der Waals surface area contributed by atoms with Crippen molar-refractivity contribution in [2.45, 2.75) is 40.0 Å². The van der Waals surface area contributed by atoms with Crippen LogP contribution < -0.4 is 0 Å². The summed E-state index contributed by atoms with van der Waals surface area (Å²) in [4.78, 5) is 34.2. The van der Waals surface area contributed by atoms with E-state index in [1.54, 1.807) is 0 Å². The molecule has 0 amide bonds. The van der Waals surface area contributed by atoms with Gasteiger partial charge in [0.1, 0.15) is 11.5 Å². The van der Waals surface area contributed by atoms with Gasteiger partial charge in [0, 0.05) is 18.4 Å². The molecule has 0 saturated heterocycles. The molecule has 5 nitrogen and oxygen atoms in total. The minimum Gasteiger partial charge on any atom is -0.512 e. The molecule has 1 aliphatic carbocycles. The van der Waals surface area contributed by atoms with E-state index in [4.69, 9.17) is 5.11 Å². The Morgan fingerprint density at radius 3 is 2.28 bits per heavy atom. The highest BCUT2D eigenvalue weighted by atomic mass is 16.4. The molecule has 0 unspecified atom stereocenters. The lowest BCUT2D eigenvalue weighted by atomic mass is 9.72. The third-order valence-electron chi connectivity index (χ3n) is 3.11. The number of carboxylic acid groups (broad SMARTS) is 1. The molecule has 1 atom stereocenters. The van der Waals surface area contributed by atoms with Gasteiger partial charge in [0.15, 0.2) is 5.78 Å². The number of carboxylic acids is 1. The first-order valence-electron chi connectivity index (χ1n) is 5.81. The number of aliphatic carboxylic acids is 1. The largest absolute Gasteiger partial charge is 0.512 e. The molecule has 100 valence electrons. The molecule has 0 fully saturated rings. The van der Waals surface area contributed by atoms with Crippen LogP contribution in [-0.4, -0.2) is 27.7 Å². The fourth-order valence-electron chi connectivity index (χ4n) is 2.32. The first-order valence-corrected chi connectivity index (χ1v) is 5.81. The Hall–Kier alpha value is -1.65. The van der Waals surface area contributed by atoms with Crippen molar-refractivity contribution in [2.24, 2.45) is 11.3 Å². The van der Waals surface area contributed by atoms with Crippen molar-refractivity contribution in [1.82, 2.24) is 0 Å². The Balaban J connectivity index is 3.15. The zero-order valence-corrected chi connectivity index (χ0v) is 10.8. The SMILES string of the molecule is CC(=O)[C@@H](CC(=O)O)C1=C(O)CC(C)(C)CC1=O. The number of rotatable bonds is 4. The molecular formula is C13H18O5. The number of aliphatic hydroxyl groups is 1. The van der Waals surface area contributed by atoms with Crippen LogP contribution in [0.5, 0.6) is 0 Å². The van der Waals surface area contributed by atoms with Crippen LogP contribution in [0.15, 0.2) is 11.3 Å². The molecule has 1 aliphatic rings. The van der Waals surface area contributed by atoms with Gasteiger partial charge in [-0.1, -0.05) is 13.8 Å². The van der Waals surface area contributed by atoms with Crippen LogP contribution >= 0.6 is 0 Å².